The Morgan fingerprint density at radius 3 is 1.31 bits per heavy atom. The number of ether oxygens (including phenoxy) is 5. The van der Waals surface area contributed by atoms with E-state index in [-0.39, 0.29) is 13.2 Å². The first kappa shape index (κ1) is 44.3. The first-order chi connectivity index (χ1) is 27.7. The van der Waals surface area contributed by atoms with E-state index in [1.165, 1.54) is 13.8 Å². The van der Waals surface area contributed by atoms with Gasteiger partial charge in [-0.15, -0.1) is 0 Å². The van der Waals surface area contributed by atoms with E-state index in [2.05, 4.69) is 0 Å². The largest absolute Gasteiger partial charge is 0.471 e. The number of nitro groups is 2. The van der Waals surface area contributed by atoms with E-state index in [1.54, 1.807) is 12.1 Å². The van der Waals surface area contributed by atoms with Crippen molar-refractivity contribution in [3.8, 4) is 57.4 Å². The van der Waals surface area contributed by atoms with Gasteiger partial charge in [-0.1, -0.05) is 12.1 Å². The fourth-order valence-corrected chi connectivity index (χ4v) is 5.46. The van der Waals surface area contributed by atoms with Crippen molar-refractivity contribution in [1.82, 2.24) is 0 Å². The van der Waals surface area contributed by atoms with Crippen molar-refractivity contribution in [1.29, 1.82) is 10.5 Å². The number of hydrogen-bond donors (Lipinski definition) is 0. The molecule has 0 fully saturated rings. The summed E-state index contributed by atoms with van der Waals surface area (Å²) >= 11 is 0. The minimum Gasteiger partial charge on any atom is -0.471 e. The molecular weight excluding hydrogens is 802 g/mol. The van der Waals surface area contributed by atoms with Crippen molar-refractivity contribution in [2.45, 2.75) is 52.3 Å². The van der Waals surface area contributed by atoms with Gasteiger partial charge in [0.05, 0.1) is 68.6 Å². The van der Waals surface area contributed by atoms with Gasteiger partial charge >= 0.3 is 35.7 Å². The fourth-order valence-electron chi connectivity index (χ4n) is 5.46. The predicted octanol–water partition coefficient (Wildman–Crippen LogP) is 9.07. The quantitative estimate of drug-likeness (QED) is 0.0502. The van der Waals surface area contributed by atoms with Crippen LogP contribution in [0.3, 0.4) is 0 Å². The van der Waals surface area contributed by atoms with E-state index in [4.69, 9.17) is 23.7 Å². The van der Waals surface area contributed by atoms with Crippen LogP contribution in [-0.2, 0) is 31.4 Å². The number of nitro benzene ring substituents is 2. The van der Waals surface area contributed by atoms with Crippen molar-refractivity contribution in [3.63, 3.8) is 0 Å². The van der Waals surface area contributed by atoms with Crippen LogP contribution in [0.25, 0.3) is 22.3 Å². The van der Waals surface area contributed by atoms with Gasteiger partial charge in [-0.3, -0.25) is 20.2 Å². The lowest BCUT2D eigenvalue weighted by molar-refractivity contribution is -0.386. The molecule has 0 saturated heterocycles. The summed E-state index contributed by atoms with van der Waals surface area (Å²) in [6, 6.07) is 9.88. The van der Waals surface area contributed by atoms with Gasteiger partial charge in [0.2, 0.25) is 11.5 Å². The Morgan fingerprint density at radius 1 is 0.661 bits per heavy atom. The standard InChI is InChI=1S/C38H28F6N4O11/c1-5-55-35(49)19(3)57-33-27(47(51)52)11-13-29(31(33)25-9-7-23(37(39,40)41)15-21(25)17-45)59-30-14-12-28(48(53)54)34(58-20(4)36(50)56-6-2)32(30)26-10-8-24(38(42,43)44)16-22(26)18-46/h7-16,19-20H,5-6H2,1-4H3. The van der Waals surface area contributed by atoms with E-state index < -0.39 is 125 Å². The average Bonchev–Trinajstić information content (AvgIpc) is 3.16. The molecule has 2 atom stereocenters. The second kappa shape index (κ2) is 17.8. The Bertz CT molecular complexity index is 2240. The molecule has 4 aromatic rings. The van der Waals surface area contributed by atoms with Gasteiger partial charge in [-0.05, 0) is 64.1 Å². The Kier molecular flexibility index (Phi) is 13.4. The van der Waals surface area contributed by atoms with Crippen molar-refractivity contribution >= 4 is 23.3 Å². The topological polar surface area (TPSA) is 214 Å². The molecule has 0 aromatic heterocycles. The molecule has 15 nitrogen and oxygen atoms in total. The summed E-state index contributed by atoms with van der Waals surface area (Å²) in [4.78, 5) is 48.1. The number of halogens is 6. The summed E-state index contributed by atoms with van der Waals surface area (Å²) in [5, 5.41) is 44.8. The maximum absolute atomic E-state index is 13.8. The summed E-state index contributed by atoms with van der Waals surface area (Å²) in [5.41, 5.74) is -8.16. The minimum absolute atomic E-state index is 0.168. The van der Waals surface area contributed by atoms with Gasteiger partial charge in [0.1, 0.15) is 11.5 Å². The summed E-state index contributed by atoms with van der Waals surface area (Å²) in [5.74, 6) is -4.99. The third-order valence-corrected chi connectivity index (χ3v) is 8.11. The van der Waals surface area contributed by atoms with Crippen LogP contribution in [0.1, 0.15) is 49.9 Å². The number of esters is 2. The van der Waals surface area contributed by atoms with E-state index in [1.807, 2.05) is 0 Å². The summed E-state index contributed by atoms with van der Waals surface area (Å²) in [6.45, 7) is 4.78. The van der Waals surface area contributed by atoms with Crippen LogP contribution >= 0.6 is 0 Å². The molecule has 0 N–H and O–H groups in total. The van der Waals surface area contributed by atoms with Gasteiger partial charge in [0.15, 0.2) is 12.2 Å². The van der Waals surface area contributed by atoms with Crippen LogP contribution in [-0.4, -0.2) is 47.2 Å². The number of carbonyl (C=O) groups is 2. The summed E-state index contributed by atoms with van der Waals surface area (Å²) < 4.78 is 110. The van der Waals surface area contributed by atoms with Gasteiger partial charge in [-0.2, -0.15) is 36.9 Å². The van der Waals surface area contributed by atoms with Crippen molar-refractivity contribution in [2.75, 3.05) is 13.2 Å². The SMILES string of the molecule is CCOC(=O)C(C)Oc1c([N+](=O)[O-])ccc(Oc2ccc([N+](=O)[O-])c(OC(C)C(=O)OCC)c2-c2ccc(C(F)(F)F)cc2C#N)c1-c1ccc(C(F)(F)F)cc1C#N. The maximum Gasteiger partial charge on any atom is 0.416 e. The molecule has 0 bridgehead atoms. The highest BCUT2D eigenvalue weighted by molar-refractivity contribution is 5.89. The van der Waals surface area contributed by atoms with Gasteiger partial charge in [0.25, 0.3) is 0 Å². The van der Waals surface area contributed by atoms with E-state index >= 15 is 0 Å². The molecule has 0 amide bonds. The maximum atomic E-state index is 13.8. The average molecular weight is 831 g/mol. The van der Waals surface area contributed by atoms with Crippen LogP contribution in [0.5, 0.6) is 23.0 Å². The number of nitriles is 2. The zero-order valence-corrected chi connectivity index (χ0v) is 30.9. The zero-order valence-electron chi connectivity index (χ0n) is 30.9. The smallest absolute Gasteiger partial charge is 0.416 e. The number of nitrogens with zero attached hydrogens (tertiary/aromatic N) is 4. The third kappa shape index (κ3) is 9.76. The monoisotopic (exact) mass is 830 g/mol. The second-order valence-electron chi connectivity index (χ2n) is 12.0. The lowest BCUT2D eigenvalue weighted by Crippen LogP contribution is -2.26. The van der Waals surface area contributed by atoms with Crippen LogP contribution in [0.2, 0.25) is 0 Å². The Labute approximate surface area is 329 Å². The molecule has 4 aromatic carbocycles. The molecule has 0 heterocycles. The number of benzene rings is 4. The second-order valence-corrected chi connectivity index (χ2v) is 12.0. The first-order valence-corrected chi connectivity index (χ1v) is 16.9. The van der Waals surface area contributed by atoms with Crippen LogP contribution in [0, 0.1) is 42.9 Å². The molecular formula is C38H28F6N4O11. The molecule has 308 valence electrons. The van der Waals surface area contributed by atoms with Crippen molar-refractivity contribution < 1.29 is 69.5 Å². The molecule has 4 rings (SSSR count). The minimum atomic E-state index is -4.98. The number of alkyl halides is 6. The highest BCUT2D eigenvalue weighted by Crippen LogP contribution is 2.52. The fraction of sp³-hybridized carbons (Fsp3) is 0.263. The normalized spacial score (nSPS) is 12.3. The van der Waals surface area contributed by atoms with Crippen molar-refractivity contribution in [3.05, 3.63) is 103 Å². The number of rotatable bonds is 14. The molecule has 0 aliphatic carbocycles. The lowest BCUT2D eigenvalue weighted by Gasteiger charge is -2.22. The van der Waals surface area contributed by atoms with Gasteiger partial charge in [0, 0.05) is 23.3 Å². The predicted molar refractivity (Wildman–Crippen MR) is 190 cm³/mol. The zero-order chi connectivity index (χ0) is 44.0. The molecule has 0 radical (unpaired) electrons. The van der Waals surface area contributed by atoms with Gasteiger partial charge in [-0.25, -0.2) is 9.59 Å². The molecule has 0 aliphatic heterocycles. The third-order valence-electron chi connectivity index (χ3n) is 8.11. The molecule has 0 saturated carbocycles. The van der Waals surface area contributed by atoms with Crippen LogP contribution in [0.4, 0.5) is 37.7 Å². The van der Waals surface area contributed by atoms with E-state index in [9.17, 15) is 66.7 Å². The number of carbonyl (C=O) groups excluding carboxylic acids is 2. The highest BCUT2D eigenvalue weighted by atomic mass is 19.4. The molecule has 59 heavy (non-hydrogen) atoms. The number of hydrogen-bond acceptors (Lipinski definition) is 13. The molecule has 0 aliphatic rings. The first-order valence-electron chi connectivity index (χ1n) is 16.9. The molecule has 0 spiro atoms. The van der Waals surface area contributed by atoms with E-state index in [0.717, 1.165) is 50.2 Å². The molecule has 21 heteroatoms. The lowest BCUT2D eigenvalue weighted by atomic mass is 9.94. The van der Waals surface area contributed by atoms with Crippen LogP contribution in [0.15, 0.2) is 60.7 Å². The highest BCUT2D eigenvalue weighted by Gasteiger charge is 2.37. The van der Waals surface area contributed by atoms with E-state index in [0.29, 0.717) is 24.3 Å². The summed E-state index contributed by atoms with van der Waals surface area (Å²) in [7, 11) is 0. The Balaban J connectivity index is 2.19. The van der Waals surface area contributed by atoms with Gasteiger partial charge < -0.3 is 23.7 Å². The molecule has 2 unspecified atom stereocenters. The Morgan fingerprint density at radius 2 is 1.02 bits per heavy atom. The Hall–Kier alpha value is -7.42. The van der Waals surface area contributed by atoms with Crippen LogP contribution < -0.4 is 14.2 Å². The summed E-state index contributed by atoms with van der Waals surface area (Å²) in [6.07, 6.45) is -13.2. The van der Waals surface area contributed by atoms with Crippen molar-refractivity contribution in [2.24, 2.45) is 0 Å².